The Morgan fingerprint density at radius 2 is 0.667 bits per heavy atom. The highest BCUT2D eigenvalue weighted by Gasteiger charge is 2.20. The molecule has 0 atom stereocenters. The second-order valence-electron chi connectivity index (χ2n) is 19.4. The smallest absolute Gasteiger partial charge is 0.410 e. The molecule has 0 fully saturated rings. The first kappa shape index (κ1) is 61.1. The van der Waals surface area contributed by atoms with Gasteiger partial charge in [0.05, 0.1) is 13.2 Å². The highest BCUT2D eigenvalue weighted by molar-refractivity contribution is 5.69. The summed E-state index contributed by atoms with van der Waals surface area (Å²) in [6, 6.07) is 0. The van der Waals surface area contributed by atoms with Crippen molar-refractivity contribution in [1.82, 2.24) is 14.7 Å². The van der Waals surface area contributed by atoms with E-state index < -0.39 is 0 Å². The molecule has 0 aliphatic rings. The van der Waals surface area contributed by atoms with Gasteiger partial charge in [-0.25, -0.2) is 4.79 Å². The molecule has 9 nitrogen and oxygen atoms in total. The lowest BCUT2D eigenvalue weighted by atomic mass is 10.0. The van der Waals surface area contributed by atoms with Crippen molar-refractivity contribution in [3.05, 3.63) is 0 Å². The zero-order valence-corrected chi connectivity index (χ0v) is 43.0. The molecule has 0 aromatic rings. The van der Waals surface area contributed by atoms with Gasteiger partial charge in [0.15, 0.2) is 0 Å². The first-order valence-corrected chi connectivity index (χ1v) is 27.3. The van der Waals surface area contributed by atoms with Crippen LogP contribution in [-0.4, -0.2) is 106 Å². The van der Waals surface area contributed by atoms with E-state index in [-0.39, 0.29) is 24.1 Å². The van der Waals surface area contributed by atoms with Crippen LogP contribution >= 0.6 is 0 Å². The van der Waals surface area contributed by atoms with E-state index in [0.29, 0.717) is 39.1 Å². The van der Waals surface area contributed by atoms with Gasteiger partial charge in [-0.1, -0.05) is 168 Å². The van der Waals surface area contributed by atoms with Gasteiger partial charge in [0.2, 0.25) is 0 Å². The van der Waals surface area contributed by atoms with Crippen LogP contribution in [0.1, 0.15) is 258 Å². The molecule has 0 heterocycles. The number of esters is 2. The number of unbranched alkanes of at least 4 members (excludes halogenated alkanes) is 28. The molecule has 9 heteroatoms. The van der Waals surface area contributed by atoms with Crippen LogP contribution < -0.4 is 0 Å². The Kier molecular flexibility index (Phi) is 46.6. The van der Waals surface area contributed by atoms with Crippen molar-refractivity contribution in [2.75, 3.05) is 67.6 Å². The number of carbonyl (C=O) groups is 3. The number of rotatable bonds is 49. The van der Waals surface area contributed by atoms with E-state index in [9.17, 15) is 14.4 Å². The predicted molar refractivity (Wildman–Crippen MR) is 268 cm³/mol. The van der Waals surface area contributed by atoms with Crippen LogP contribution in [0.5, 0.6) is 0 Å². The maximum atomic E-state index is 13.6. The maximum absolute atomic E-state index is 13.6. The minimum atomic E-state index is -0.207. The zero-order chi connectivity index (χ0) is 46.3. The molecule has 374 valence electrons. The molecule has 0 N–H and O–H groups in total. The Bertz CT molecular complexity index is 927. The third-order valence-electron chi connectivity index (χ3n) is 12.4. The van der Waals surface area contributed by atoms with E-state index in [1.807, 2.05) is 4.90 Å². The van der Waals surface area contributed by atoms with E-state index in [4.69, 9.17) is 14.2 Å². The van der Waals surface area contributed by atoms with Gasteiger partial charge in [0.25, 0.3) is 0 Å². The van der Waals surface area contributed by atoms with E-state index in [0.717, 1.165) is 103 Å². The van der Waals surface area contributed by atoms with Crippen LogP contribution in [0.25, 0.3) is 0 Å². The number of ether oxygens (including phenoxy) is 3. The summed E-state index contributed by atoms with van der Waals surface area (Å²) < 4.78 is 17.4. The van der Waals surface area contributed by atoms with Crippen LogP contribution in [0.3, 0.4) is 0 Å². The second-order valence-corrected chi connectivity index (χ2v) is 19.4. The fourth-order valence-electron chi connectivity index (χ4n) is 8.32. The SMILES string of the molecule is CCCCCCCCCCCCCCCC(=O)OCCCCCC(CCCCCOC(=O)CCCCCCCCCCCCCCC)OC(=O)N(CCCN(C)C)CCCN(C)C. The fourth-order valence-corrected chi connectivity index (χ4v) is 8.32. The lowest BCUT2D eigenvalue weighted by molar-refractivity contribution is -0.144. The number of nitrogens with zero attached hydrogens (tertiary/aromatic N) is 3. The predicted octanol–water partition coefficient (Wildman–Crippen LogP) is 14.9. The van der Waals surface area contributed by atoms with E-state index in [1.54, 1.807) is 0 Å². The van der Waals surface area contributed by atoms with Crippen LogP contribution in [0.2, 0.25) is 0 Å². The van der Waals surface area contributed by atoms with E-state index >= 15 is 0 Å². The zero-order valence-electron chi connectivity index (χ0n) is 43.0. The molecule has 0 saturated carbocycles. The minimum Gasteiger partial charge on any atom is -0.466 e. The summed E-state index contributed by atoms with van der Waals surface area (Å²) in [5.41, 5.74) is 0. The third-order valence-corrected chi connectivity index (χ3v) is 12.4. The van der Waals surface area contributed by atoms with Crippen LogP contribution in [-0.2, 0) is 23.8 Å². The van der Waals surface area contributed by atoms with E-state index in [2.05, 4.69) is 51.8 Å². The van der Waals surface area contributed by atoms with Gasteiger partial charge in [0.1, 0.15) is 6.10 Å². The number of amides is 1. The summed E-state index contributed by atoms with van der Waals surface area (Å²) in [7, 11) is 8.25. The average molecular weight is 894 g/mol. The molecule has 0 spiro atoms. The minimum absolute atomic E-state index is 0.0706. The topological polar surface area (TPSA) is 88.6 Å². The maximum Gasteiger partial charge on any atom is 0.410 e. The molecule has 0 saturated heterocycles. The van der Waals surface area contributed by atoms with Gasteiger partial charge < -0.3 is 28.9 Å². The molecular formula is C54H107N3O6. The van der Waals surface area contributed by atoms with Crippen LogP contribution in [0, 0.1) is 0 Å². The highest BCUT2D eigenvalue weighted by Crippen LogP contribution is 2.18. The molecule has 0 unspecified atom stereocenters. The Hall–Kier alpha value is -1.87. The van der Waals surface area contributed by atoms with Gasteiger partial charge in [-0.3, -0.25) is 9.59 Å². The van der Waals surface area contributed by atoms with Crippen molar-refractivity contribution in [1.29, 1.82) is 0 Å². The molecule has 0 aromatic carbocycles. The monoisotopic (exact) mass is 894 g/mol. The second kappa shape index (κ2) is 48.1. The van der Waals surface area contributed by atoms with Gasteiger partial charge in [-0.2, -0.15) is 0 Å². The first-order valence-electron chi connectivity index (χ1n) is 27.3. The van der Waals surface area contributed by atoms with Crippen molar-refractivity contribution in [2.24, 2.45) is 0 Å². The number of hydrogen-bond donors (Lipinski definition) is 0. The van der Waals surface area contributed by atoms with Crippen molar-refractivity contribution in [3.8, 4) is 0 Å². The molecule has 0 radical (unpaired) electrons. The standard InChI is InChI=1S/C54H107N3O6/c1-7-9-11-13-15-17-19-21-23-25-27-29-35-43-52(58)61-49-37-31-33-41-51(63-54(60)57(47-39-45-55(3)4)48-40-46-56(5)6)42-34-32-38-50-62-53(59)44-36-30-28-26-24-22-20-18-16-14-12-10-8-2/h51H,7-50H2,1-6H3. The lowest BCUT2D eigenvalue weighted by Gasteiger charge is -2.27. The van der Waals surface area contributed by atoms with Crippen molar-refractivity contribution < 1.29 is 28.6 Å². The molecule has 0 aliphatic heterocycles. The van der Waals surface area contributed by atoms with Crippen LogP contribution in [0.15, 0.2) is 0 Å². The third kappa shape index (κ3) is 46.5. The largest absolute Gasteiger partial charge is 0.466 e. The Balaban J connectivity index is 4.48. The normalized spacial score (nSPS) is 11.6. The molecule has 1 amide bonds. The highest BCUT2D eigenvalue weighted by atomic mass is 16.6. The quantitative estimate of drug-likeness (QED) is 0.0339. The number of hydrogen-bond acceptors (Lipinski definition) is 8. The lowest BCUT2D eigenvalue weighted by Crippen LogP contribution is -2.37. The van der Waals surface area contributed by atoms with Gasteiger partial charge >= 0.3 is 18.0 Å². The van der Waals surface area contributed by atoms with Crippen molar-refractivity contribution in [2.45, 2.75) is 264 Å². The summed E-state index contributed by atoms with van der Waals surface area (Å²) in [6.07, 6.45) is 43.2. The summed E-state index contributed by atoms with van der Waals surface area (Å²) in [5.74, 6) is -0.141. The summed E-state index contributed by atoms with van der Waals surface area (Å²) in [6.45, 7) is 8.70. The molecule has 0 bridgehead atoms. The first-order chi connectivity index (χ1) is 30.7. The molecule has 63 heavy (non-hydrogen) atoms. The van der Waals surface area contributed by atoms with Crippen molar-refractivity contribution in [3.63, 3.8) is 0 Å². The van der Waals surface area contributed by atoms with Crippen molar-refractivity contribution >= 4 is 18.0 Å². The van der Waals surface area contributed by atoms with Gasteiger partial charge in [-0.05, 0) is 118 Å². The summed E-state index contributed by atoms with van der Waals surface area (Å²) >= 11 is 0. The molecule has 0 aromatic heterocycles. The molecule has 0 rings (SSSR count). The fraction of sp³-hybridized carbons (Fsp3) is 0.944. The Labute approximate surface area is 391 Å². The van der Waals surface area contributed by atoms with E-state index in [1.165, 1.54) is 141 Å². The summed E-state index contributed by atoms with van der Waals surface area (Å²) in [5, 5.41) is 0. The Morgan fingerprint density at radius 3 is 0.984 bits per heavy atom. The average Bonchev–Trinajstić information content (AvgIpc) is 3.25. The van der Waals surface area contributed by atoms with Gasteiger partial charge in [0, 0.05) is 25.9 Å². The number of carbonyl (C=O) groups excluding carboxylic acids is 3. The van der Waals surface area contributed by atoms with Gasteiger partial charge in [-0.15, -0.1) is 0 Å². The Morgan fingerprint density at radius 1 is 0.365 bits per heavy atom. The molecule has 0 aliphatic carbocycles. The van der Waals surface area contributed by atoms with Crippen LogP contribution in [0.4, 0.5) is 4.79 Å². The summed E-state index contributed by atoms with van der Waals surface area (Å²) in [4.78, 5) is 44.5. The molecular weight excluding hydrogens is 787 g/mol.